The van der Waals surface area contributed by atoms with E-state index in [2.05, 4.69) is 12.6 Å². The zero-order chi connectivity index (χ0) is 10.4. The van der Waals surface area contributed by atoms with Gasteiger partial charge in [0.1, 0.15) is 0 Å². The average Bonchev–Trinajstić information content (AvgIpc) is 2.19. The summed E-state index contributed by atoms with van der Waals surface area (Å²) in [4.78, 5) is 11.1. The SMILES string of the molecule is O=C(S)C(=CC=CO)c1ccccc1. The predicted octanol–water partition coefficient (Wildman–Crippen LogP) is 2.60. The lowest BCUT2D eigenvalue weighted by atomic mass is 10.1. The molecule has 0 aliphatic heterocycles. The third-order valence-corrected chi connectivity index (χ3v) is 1.91. The number of benzene rings is 1. The van der Waals surface area contributed by atoms with Gasteiger partial charge in [-0.25, -0.2) is 0 Å². The lowest BCUT2D eigenvalue weighted by molar-refractivity contribution is -0.106. The second kappa shape index (κ2) is 5.29. The van der Waals surface area contributed by atoms with Gasteiger partial charge in [0.05, 0.1) is 6.26 Å². The Labute approximate surface area is 88.0 Å². The molecule has 14 heavy (non-hydrogen) atoms. The number of aliphatic hydroxyl groups is 1. The van der Waals surface area contributed by atoms with Crippen molar-refractivity contribution in [2.45, 2.75) is 0 Å². The highest BCUT2D eigenvalue weighted by molar-refractivity contribution is 7.98. The first-order valence-corrected chi connectivity index (χ1v) is 4.50. The molecule has 0 amide bonds. The highest BCUT2D eigenvalue weighted by Gasteiger charge is 2.05. The van der Waals surface area contributed by atoms with E-state index in [4.69, 9.17) is 5.11 Å². The average molecular weight is 206 g/mol. The van der Waals surface area contributed by atoms with E-state index in [1.807, 2.05) is 30.3 Å². The Morgan fingerprint density at radius 2 is 1.93 bits per heavy atom. The van der Waals surface area contributed by atoms with Gasteiger partial charge in [-0.05, 0) is 17.7 Å². The number of carbonyl (C=O) groups is 1. The van der Waals surface area contributed by atoms with Gasteiger partial charge in [0.15, 0.2) is 0 Å². The molecule has 0 heterocycles. The van der Waals surface area contributed by atoms with Crippen molar-refractivity contribution in [2.75, 3.05) is 0 Å². The van der Waals surface area contributed by atoms with E-state index in [-0.39, 0.29) is 5.12 Å². The molecule has 0 saturated heterocycles. The van der Waals surface area contributed by atoms with Crippen molar-refractivity contribution in [3.05, 3.63) is 54.3 Å². The Morgan fingerprint density at radius 1 is 1.29 bits per heavy atom. The van der Waals surface area contributed by atoms with Gasteiger partial charge in [-0.1, -0.05) is 30.3 Å². The molecular formula is C11H10O2S. The van der Waals surface area contributed by atoms with E-state index in [0.29, 0.717) is 5.57 Å². The summed E-state index contributed by atoms with van der Waals surface area (Å²) < 4.78 is 0. The van der Waals surface area contributed by atoms with Gasteiger partial charge in [-0.3, -0.25) is 4.79 Å². The van der Waals surface area contributed by atoms with E-state index in [9.17, 15) is 4.79 Å². The second-order valence-electron chi connectivity index (χ2n) is 2.59. The van der Waals surface area contributed by atoms with Crippen LogP contribution >= 0.6 is 12.6 Å². The normalized spacial score (nSPS) is 11.9. The first-order valence-electron chi connectivity index (χ1n) is 4.05. The number of hydrogen-bond donors (Lipinski definition) is 2. The largest absolute Gasteiger partial charge is 0.516 e. The minimum Gasteiger partial charge on any atom is -0.516 e. The molecule has 0 unspecified atom stereocenters. The van der Waals surface area contributed by atoms with Gasteiger partial charge >= 0.3 is 0 Å². The summed E-state index contributed by atoms with van der Waals surface area (Å²) in [7, 11) is 0. The lowest BCUT2D eigenvalue weighted by Crippen LogP contribution is -1.92. The number of carbonyl (C=O) groups excluding carboxylic acids is 1. The van der Waals surface area contributed by atoms with Crippen LogP contribution in [0.15, 0.2) is 48.7 Å². The molecule has 1 rings (SSSR count). The molecular weight excluding hydrogens is 196 g/mol. The van der Waals surface area contributed by atoms with Gasteiger partial charge in [0.25, 0.3) is 0 Å². The Morgan fingerprint density at radius 3 is 2.43 bits per heavy atom. The summed E-state index contributed by atoms with van der Waals surface area (Å²) in [5.41, 5.74) is 1.24. The van der Waals surface area contributed by atoms with Crippen molar-refractivity contribution in [3.63, 3.8) is 0 Å². The monoisotopic (exact) mass is 206 g/mol. The molecule has 2 nitrogen and oxygen atoms in total. The zero-order valence-electron chi connectivity index (χ0n) is 7.42. The molecule has 0 fully saturated rings. The minimum atomic E-state index is -0.325. The Balaban J connectivity index is 3.07. The number of rotatable bonds is 3. The summed E-state index contributed by atoms with van der Waals surface area (Å²) in [6, 6.07) is 9.16. The van der Waals surface area contributed by atoms with Crippen LogP contribution in [-0.4, -0.2) is 10.2 Å². The fraction of sp³-hybridized carbons (Fsp3) is 0. The highest BCUT2D eigenvalue weighted by Crippen LogP contribution is 2.16. The molecule has 0 spiro atoms. The van der Waals surface area contributed by atoms with Crippen LogP contribution in [0.3, 0.4) is 0 Å². The van der Waals surface area contributed by atoms with Crippen LogP contribution in [0.5, 0.6) is 0 Å². The number of aliphatic hydroxyl groups excluding tert-OH is 1. The van der Waals surface area contributed by atoms with Crippen molar-refractivity contribution < 1.29 is 9.90 Å². The number of allylic oxidation sites excluding steroid dienone is 2. The van der Waals surface area contributed by atoms with Gasteiger partial charge in [-0.15, -0.1) is 12.6 Å². The van der Waals surface area contributed by atoms with Crippen LogP contribution in [0.2, 0.25) is 0 Å². The number of hydrogen-bond acceptors (Lipinski definition) is 2. The summed E-state index contributed by atoms with van der Waals surface area (Å²) in [6.45, 7) is 0. The summed E-state index contributed by atoms with van der Waals surface area (Å²) in [5.74, 6) is 0. The second-order valence-corrected chi connectivity index (χ2v) is 3.00. The fourth-order valence-corrected chi connectivity index (χ4v) is 1.25. The van der Waals surface area contributed by atoms with Crippen LogP contribution in [0.25, 0.3) is 5.57 Å². The van der Waals surface area contributed by atoms with Crippen LogP contribution in [0, 0.1) is 0 Å². The third kappa shape index (κ3) is 2.78. The summed E-state index contributed by atoms with van der Waals surface area (Å²) >= 11 is 3.75. The molecule has 0 bridgehead atoms. The van der Waals surface area contributed by atoms with Crippen LogP contribution < -0.4 is 0 Å². The van der Waals surface area contributed by atoms with E-state index in [0.717, 1.165) is 11.8 Å². The fourth-order valence-electron chi connectivity index (χ4n) is 1.05. The van der Waals surface area contributed by atoms with Gasteiger partial charge < -0.3 is 5.11 Å². The molecule has 0 aliphatic carbocycles. The minimum absolute atomic E-state index is 0.325. The molecule has 3 heteroatoms. The van der Waals surface area contributed by atoms with Gasteiger partial charge in [0, 0.05) is 5.57 Å². The van der Waals surface area contributed by atoms with Crippen LogP contribution in [0.1, 0.15) is 5.56 Å². The molecule has 0 aromatic heterocycles. The molecule has 0 saturated carbocycles. The first kappa shape index (κ1) is 10.6. The van der Waals surface area contributed by atoms with Crippen molar-refractivity contribution in [2.24, 2.45) is 0 Å². The molecule has 1 aromatic rings. The standard InChI is InChI=1S/C11H10O2S/c12-8-4-7-10(11(13)14)9-5-2-1-3-6-9/h1-8,12H,(H,13,14). The van der Waals surface area contributed by atoms with Crippen LogP contribution in [-0.2, 0) is 4.79 Å². The quantitative estimate of drug-likeness (QED) is 0.345. The van der Waals surface area contributed by atoms with Crippen LogP contribution in [0.4, 0.5) is 0 Å². The van der Waals surface area contributed by atoms with E-state index < -0.39 is 0 Å². The maximum atomic E-state index is 11.1. The Hall–Kier alpha value is -1.48. The van der Waals surface area contributed by atoms with Crippen molar-refractivity contribution in [1.82, 2.24) is 0 Å². The van der Waals surface area contributed by atoms with Crippen molar-refractivity contribution >= 4 is 23.3 Å². The zero-order valence-corrected chi connectivity index (χ0v) is 8.32. The maximum absolute atomic E-state index is 11.1. The first-order chi connectivity index (χ1) is 6.75. The van der Waals surface area contributed by atoms with E-state index in [1.54, 1.807) is 0 Å². The van der Waals surface area contributed by atoms with Crippen molar-refractivity contribution in [3.8, 4) is 0 Å². The smallest absolute Gasteiger partial charge is 0.216 e. The Kier molecular flexibility index (Phi) is 4.01. The predicted molar refractivity (Wildman–Crippen MR) is 60.2 cm³/mol. The lowest BCUT2D eigenvalue weighted by Gasteiger charge is -2.00. The maximum Gasteiger partial charge on any atom is 0.216 e. The molecule has 0 atom stereocenters. The Bertz CT molecular complexity index is 366. The molecule has 1 aromatic carbocycles. The van der Waals surface area contributed by atoms with Crippen molar-refractivity contribution in [1.29, 1.82) is 0 Å². The van der Waals surface area contributed by atoms with Gasteiger partial charge in [-0.2, -0.15) is 0 Å². The van der Waals surface area contributed by atoms with E-state index in [1.165, 1.54) is 12.2 Å². The van der Waals surface area contributed by atoms with E-state index >= 15 is 0 Å². The number of thiol groups is 1. The molecule has 72 valence electrons. The molecule has 0 aliphatic rings. The molecule has 1 N–H and O–H groups in total. The highest BCUT2D eigenvalue weighted by atomic mass is 32.1. The third-order valence-electron chi connectivity index (χ3n) is 1.66. The van der Waals surface area contributed by atoms with Gasteiger partial charge in [0.2, 0.25) is 5.12 Å². The topological polar surface area (TPSA) is 37.3 Å². The molecule has 0 radical (unpaired) electrons. The summed E-state index contributed by atoms with van der Waals surface area (Å²) in [6.07, 6.45) is 3.78. The summed E-state index contributed by atoms with van der Waals surface area (Å²) in [5, 5.41) is 8.16.